The largest absolute Gasteiger partial charge is 0.491 e. The Kier molecular flexibility index (Phi) is 4.86. The number of hydrogen-bond acceptors (Lipinski definition) is 5. The molecular formula is C28H28N2OS2. The predicted molar refractivity (Wildman–Crippen MR) is 140 cm³/mol. The first-order chi connectivity index (χ1) is 15.9. The van der Waals surface area contributed by atoms with Crippen LogP contribution in [0.4, 0.5) is 5.69 Å². The Bertz CT molecular complexity index is 1210. The molecule has 3 aromatic rings. The number of anilines is 1. The summed E-state index contributed by atoms with van der Waals surface area (Å²) in [5, 5.41) is 1.22. The fraction of sp³-hybridized carbons (Fsp3) is 0.321. The van der Waals surface area contributed by atoms with E-state index < -0.39 is 0 Å². The predicted octanol–water partition coefficient (Wildman–Crippen LogP) is 7.19. The molecular weight excluding hydrogens is 444 g/mol. The van der Waals surface area contributed by atoms with Crippen molar-refractivity contribution in [3.05, 3.63) is 90.5 Å². The van der Waals surface area contributed by atoms with E-state index in [1.54, 1.807) is 0 Å². The lowest BCUT2D eigenvalue weighted by atomic mass is 9.84. The van der Waals surface area contributed by atoms with E-state index in [0.717, 1.165) is 17.9 Å². The fourth-order valence-electron chi connectivity index (χ4n) is 5.36. The second-order valence-corrected chi connectivity index (χ2v) is 12.7. The van der Waals surface area contributed by atoms with Crippen LogP contribution in [0.1, 0.15) is 32.8 Å². The van der Waals surface area contributed by atoms with Crippen molar-refractivity contribution in [3.8, 4) is 5.75 Å². The van der Waals surface area contributed by atoms with Crippen LogP contribution in [0.25, 0.3) is 0 Å². The minimum absolute atomic E-state index is 0.158. The molecule has 4 bridgehead atoms. The van der Waals surface area contributed by atoms with E-state index in [1.807, 2.05) is 23.5 Å². The molecule has 5 heteroatoms. The van der Waals surface area contributed by atoms with Gasteiger partial charge in [-0.2, -0.15) is 0 Å². The SMILES string of the molecule is CC(C)(C)N=C1S[C@]2(Sc3ccccc3)[C@H]3COc4ccccc4N2[C@]1(c1ccccc1)C3. The van der Waals surface area contributed by atoms with E-state index in [2.05, 4.69) is 111 Å². The number of ether oxygens (including phenoxy) is 1. The summed E-state index contributed by atoms with van der Waals surface area (Å²) in [5.74, 6) is 1.31. The number of aliphatic imine (C=N–C) groups is 1. The number of fused-ring (bicyclic) bond motifs is 1. The standard InChI is InChI=1S/C28H28N2OS2/c1-26(2,3)29-25-27(20-12-6-4-7-13-20)18-21-19-31-24-17-11-10-16-23(24)30(27)28(21,33-25)32-22-14-8-5-9-15-22/h4-17,21H,18-19H2,1-3H3/t21-,27+,28-/m1/s1. The third-order valence-corrected chi connectivity index (χ3v) is 9.84. The van der Waals surface area contributed by atoms with Gasteiger partial charge in [-0.05, 0) is 57.0 Å². The number of nitrogens with zero attached hydrogens (tertiary/aromatic N) is 2. The second-order valence-electron chi connectivity index (χ2n) is 9.98. The summed E-state index contributed by atoms with van der Waals surface area (Å²) >= 11 is 3.91. The minimum Gasteiger partial charge on any atom is -0.491 e. The van der Waals surface area contributed by atoms with Crippen LogP contribution in [0.5, 0.6) is 5.75 Å². The van der Waals surface area contributed by atoms with Gasteiger partial charge in [-0.3, -0.25) is 4.99 Å². The molecule has 2 saturated heterocycles. The van der Waals surface area contributed by atoms with Crippen LogP contribution in [0.3, 0.4) is 0 Å². The molecule has 0 spiro atoms. The maximum atomic E-state index is 6.41. The first-order valence-corrected chi connectivity index (χ1v) is 13.2. The molecule has 0 saturated carbocycles. The van der Waals surface area contributed by atoms with Gasteiger partial charge in [0.1, 0.15) is 16.3 Å². The van der Waals surface area contributed by atoms with Gasteiger partial charge in [0.15, 0.2) is 4.20 Å². The van der Waals surface area contributed by atoms with Crippen molar-refractivity contribution in [1.29, 1.82) is 0 Å². The highest BCUT2D eigenvalue weighted by molar-refractivity contribution is 8.27. The van der Waals surface area contributed by atoms with E-state index >= 15 is 0 Å². The molecule has 6 rings (SSSR count). The maximum Gasteiger partial charge on any atom is 0.151 e. The summed E-state index contributed by atoms with van der Waals surface area (Å²) in [6.45, 7) is 7.31. The number of benzene rings is 3. The Morgan fingerprint density at radius 2 is 1.61 bits per heavy atom. The van der Waals surface area contributed by atoms with Crippen molar-refractivity contribution >= 4 is 34.3 Å². The van der Waals surface area contributed by atoms with Crippen molar-refractivity contribution in [3.63, 3.8) is 0 Å². The molecule has 3 heterocycles. The van der Waals surface area contributed by atoms with Gasteiger partial charge in [0.05, 0.1) is 17.8 Å². The van der Waals surface area contributed by atoms with Crippen molar-refractivity contribution in [1.82, 2.24) is 0 Å². The van der Waals surface area contributed by atoms with Gasteiger partial charge in [-0.25, -0.2) is 0 Å². The lowest BCUT2D eigenvalue weighted by Crippen LogP contribution is -2.46. The smallest absolute Gasteiger partial charge is 0.151 e. The van der Waals surface area contributed by atoms with Gasteiger partial charge in [0.25, 0.3) is 0 Å². The summed E-state index contributed by atoms with van der Waals surface area (Å²) in [6.07, 6.45) is 0.993. The van der Waals surface area contributed by atoms with Crippen molar-refractivity contribution in [2.75, 3.05) is 11.5 Å². The van der Waals surface area contributed by atoms with E-state index in [1.165, 1.54) is 15.5 Å². The van der Waals surface area contributed by atoms with E-state index in [-0.39, 0.29) is 15.3 Å². The Labute approximate surface area is 204 Å². The molecule has 33 heavy (non-hydrogen) atoms. The first-order valence-electron chi connectivity index (χ1n) is 11.5. The molecule has 0 radical (unpaired) electrons. The van der Waals surface area contributed by atoms with Gasteiger partial charge in [0, 0.05) is 10.8 Å². The average molecular weight is 473 g/mol. The van der Waals surface area contributed by atoms with Crippen molar-refractivity contribution in [2.45, 2.75) is 47.4 Å². The van der Waals surface area contributed by atoms with Crippen LogP contribution in [-0.2, 0) is 5.54 Å². The summed E-state index contributed by atoms with van der Waals surface area (Å²) in [7, 11) is 0. The van der Waals surface area contributed by atoms with E-state index in [0.29, 0.717) is 12.5 Å². The zero-order valence-corrected chi connectivity index (χ0v) is 20.8. The number of rotatable bonds is 3. The zero-order valence-electron chi connectivity index (χ0n) is 19.2. The molecule has 3 nitrogen and oxygen atoms in total. The van der Waals surface area contributed by atoms with Gasteiger partial charge >= 0.3 is 0 Å². The van der Waals surface area contributed by atoms with Gasteiger partial charge in [-0.1, -0.05) is 84.2 Å². The lowest BCUT2D eigenvalue weighted by molar-refractivity contribution is 0.249. The number of thioether (sulfide) groups is 2. The molecule has 168 valence electrons. The molecule has 3 aliphatic rings. The minimum atomic E-state index is -0.300. The molecule has 0 aromatic heterocycles. The van der Waals surface area contributed by atoms with Crippen LogP contribution in [-0.4, -0.2) is 21.4 Å². The Balaban J connectivity index is 1.64. The molecule has 3 aliphatic heterocycles. The highest BCUT2D eigenvalue weighted by Gasteiger charge is 2.72. The third kappa shape index (κ3) is 3.23. The maximum absolute atomic E-state index is 6.41. The Morgan fingerprint density at radius 1 is 0.939 bits per heavy atom. The normalized spacial score (nSPS) is 29.0. The summed E-state index contributed by atoms with van der Waals surface area (Å²) in [4.78, 5) is 9.31. The zero-order chi connectivity index (χ0) is 22.7. The van der Waals surface area contributed by atoms with E-state index in [9.17, 15) is 0 Å². The molecule has 0 aliphatic carbocycles. The quantitative estimate of drug-likeness (QED) is 0.403. The number of para-hydroxylation sites is 2. The molecule has 2 fully saturated rings. The number of hydrogen-bond donors (Lipinski definition) is 0. The van der Waals surface area contributed by atoms with E-state index in [4.69, 9.17) is 9.73 Å². The van der Waals surface area contributed by atoms with Crippen molar-refractivity contribution < 1.29 is 4.74 Å². The van der Waals surface area contributed by atoms with Crippen LogP contribution in [0, 0.1) is 5.92 Å². The highest BCUT2D eigenvalue weighted by atomic mass is 32.2. The Hall–Kier alpha value is -2.37. The molecule has 0 amide bonds. The summed E-state index contributed by atoms with van der Waals surface area (Å²) in [5.41, 5.74) is 2.02. The fourth-order valence-corrected chi connectivity index (χ4v) is 9.07. The molecule has 0 N–H and O–H groups in total. The highest BCUT2D eigenvalue weighted by Crippen LogP contribution is 2.72. The van der Waals surface area contributed by atoms with Gasteiger partial charge < -0.3 is 9.64 Å². The van der Waals surface area contributed by atoms with Crippen LogP contribution < -0.4 is 9.64 Å². The molecule has 0 unspecified atom stereocenters. The monoisotopic (exact) mass is 472 g/mol. The average Bonchev–Trinajstić information content (AvgIpc) is 3.16. The first kappa shape index (κ1) is 21.2. The van der Waals surface area contributed by atoms with Crippen LogP contribution in [0.15, 0.2) is 94.8 Å². The second kappa shape index (κ2) is 7.57. The topological polar surface area (TPSA) is 24.8 Å². The summed E-state index contributed by atoms with van der Waals surface area (Å²) in [6, 6.07) is 30.3. The van der Waals surface area contributed by atoms with Crippen LogP contribution >= 0.6 is 23.5 Å². The summed E-state index contributed by atoms with van der Waals surface area (Å²) < 4.78 is 6.18. The third-order valence-electron chi connectivity index (χ3n) is 6.59. The van der Waals surface area contributed by atoms with Gasteiger partial charge in [0.2, 0.25) is 0 Å². The van der Waals surface area contributed by atoms with Crippen LogP contribution in [0.2, 0.25) is 0 Å². The van der Waals surface area contributed by atoms with Crippen molar-refractivity contribution in [2.24, 2.45) is 10.9 Å². The molecule has 3 atom stereocenters. The molecule has 3 aromatic carbocycles. The lowest BCUT2D eigenvalue weighted by Gasteiger charge is -2.40. The van der Waals surface area contributed by atoms with Gasteiger partial charge in [-0.15, -0.1) is 0 Å². The Morgan fingerprint density at radius 3 is 2.33 bits per heavy atom.